The van der Waals surface area contributed by atoms with Crippen LogP contribution in [0.25, 0.3) is 21.3 Å². The van der Waals surface area contributed by atoms with E-state index < -0.39 is 0 Å². The van der Waals surface area contributed by atoms with Gasteiger partial charge in [-0.15, -0.1) is 11.3 Å². The molecule has 4 aromatic rings. The van der Waals surface area contributed by atoms with Gasteiger partial charge in [0.05, 0.1) is 12.0 Å². The van der Waals surface area contributed by atoms with E-state index >= 15 is 0 Å². The Hall–Kier alpha value is -1.21. The van der Waals surface area contributed by atoms with Crippen LogP contribution in [0.2, 0.25) is 0 Å². The van der Waals surface area contributed by atoms with E-state index in [-0.39, 0.29) is 64.6 Å². The summed E-state index contributed by atoms with van der Waals surface area (Å²) >= 11 is 1.55. The van der Waals surface area contributed by atoms with Gasteiger partial charge in [-0.1, -0.05) is 61.5 Å². The van der Waals surface area contributed by atoms with E-state index in [0.717, 1.165) is 37.5 Å². The molecule has 1 aromatic heterocycles. The molecule has 0 fully saturated rings. The molecule has 1 unspecified atom stereocenters. The minimum absolute atomic E-state index is 0. The van der Waals surface area contributed by atoms with Crippen LogP contribution >= 0.6 is 11.3 Å². The molecular weight excluding hydrogens is 381 g/mol. The quantitative estimate of drug-likeness (QED) is 0.535. The molecule has 0 saturated heterocycles. The second kappa shape index (κ2) is 8.86. The molecule has 0 aliphatic heterocycles. The number of aromatic hydroxyl groups is 1. The molecule has 0 radical (unpaired) electrons. The number of fused-ring (bicyclic) bond motifs is 1. The predicted octanol–water partition coefficient (Wildman–Crippen LogP) is 2.95. The molecule has 0 saturated carbocycles. The first kappa shape index (κ1) is 20.5. The Labute approximate surface area is 206 Å². The van der Waals surface area contributed by atoms with Crippen LogP contribution in [0.1, 0.15) is 24.7 Å². The molecule has 27 heavy (non-hydrogen) atoms. The van der Waals surface area contributed by atoms with E-state index in [4.69, 9.17) is 4.74 Å². The summed E-state index contributed by atoms with van der Waals surface area (Å²) in [4.78, 5) is 5.26. The maximum absolute atomic E-state index is 10.4. The maximum Gasteiger partial charge on any atom is 1.00 e. The van der Waals surface area contributed by atoms with Gasteiger partial charge in [0.15, 0.2) is 0 Å². The Morgan fingerprint density at radius 3 is 2.44 bits per heavy atom. The normalized spacial score (nSPS) is 11.8. The fourth-order valence-electron chi connectivity index (χ4n) is 3.10. The monoisotopic (exact) mass is 401 g/mol. The van der Waals surface area contributed by atoms with Gasteiger partial charge in [-0.05, 0) is 28.5 Å². The molecule has 1 atom stereocenters. The zero-order valence-electron chi connectivity index (χ0n) is 16.6. The van der Waals surface area contributed by atoms with Crippen molar-refractivity contribution in [1.29, 1.82) is 0 Å². The SMILES string of the molecule is COc1ccc2cc(C(C)c3sc(-c4ccccc4)nc3O)ccc2c1.[H-].[K+]. The first-order valence-electron chi connectivity index (χ1n) is 8.48. The molecule has 1 N–H and O–H groups in total. The molecule has 3 aromatic carbocycles. The van der Waals surface area contributed by atoms with Crippen molar-refractivity contribution in [3.8, 4) is 22.2 Å². The van der Waals surface area contributed by atoms with Crippen LogP contribution in [0.15, 0.2) is 66.7 Å². The van der Waals surface area contributed by atoms with Crippen LogP contribution in [-0.2, 0) is 0 Å². The van der Waals surface area contributed by atoms with Crippen molar-refractivity contribution in [2.75, 3.05) is 7.11 Å². The molecule has 5 heteroatoms. The molecule has 1 heterocycles. The van der Waals surface area contributed by atoms with E-state index in [1.807, 2.05) is 42.5 Å². The minimum atomic E-state index is 0. The third-order valence-corrected chi connectivity index (χ3v) is 5.90. The van der Waals surface area contributed by atoms with E-state index in [1.54, 1.807) is 18.4 Å². The summed E-state index contributed by atoms with van der Waals surface area (Å²) in [5.41, 5.74) is 2.18. The summed E-state index contributed by atoms with van der Waals surface area (Å²) in [6, 6.07) is 22.4. The Bertz CT molecular complexity index is 1070. The minimum Gasteiger partial charge on any atom is -1.00 e. The number of methoxy groups -OCH3 is 1. The van der Waals surface area contributed by atoms with Gasteiger partial charge in [0.1, 0.15) is 10.8 Å². The maximum atomic E-state index is 10.4. The van der Waals surface area contributed by atoms with Crippen LogP contribution < -0.4 is 56.1 Å². The summed E-state index contributed by atoms with van der Waals surface area (Å²) in [5, 5.41) is 13.5. The second-order valence-corrected chi connectivity index (χ2v) is 7.30. The zero-order chi connectivity index (χ0) is 18.1. The number of hydrogen-bond donors (Lipinski definition) is 1. The van der Waals surface area contributed by atoms with Gasteiger partial charge in [-0.25, -0.2) is 4.98 Å². The Morgan fingerprint density at radius 1 is 1.00 bits per heavy atom. The molecular formula is C22H20KNO2S. The van der Waals surface area contributed by atoms with Crippen LogP contribution in [-0.4, -0.2) is 17.2 Å². The largest absolute Gasteiger partial charge is 1.00 e. The smallest absolute Gasteiger partial charge is 1.00 e. The van der Waals surface area contributed by atoms with Crippen molar-refractivity contribution in [1.82, 2.24) is 4.98 Å². The number of rotatable bonds is 4. The van der Waals surface area contributed by atoms with Gasteiger partial charge in [0.2, 0.25) is 5.88 Å². The topological polar surface area (TPSA) is 42.4 Å². The molecule has 3 nitrogen and oxygen atoms in total. The van der Waals surface area contributed by atoms with Crippen molar-refractivity contribution in [2.24, 2.45) is 0 Å². The summed E-state index contributed by atoms with van der Waals surface area (Å²) in [6.07, 6.45) is 0. The Morgan fingerprint density at radius 2 is 1.70 bits per heavy atom. The number of aromatic nitrogens is 1. The van der Waals surface area contributed by atoms with E-state index in [0.29, 0.717) is 0 Å². The first-order valence-corrected chi connectivity index (χ1v) is 9.30. The Kier molecular flexibility index (Phi) is 6.73. The summed E-state index contributed by atoms with van der Waals surface area (Å²) in [7, 11) is 1.68. The first-order chi connectivity index (χ1) is 12.7. The van der Waals surface area contributed by atoms with E-state index in [2.05, 4.69) is 36.2 Å². The van der Waals surface area contributed by atoms with Gasteiger partial charge in [0, 0.05) is 11.5 Å². The molecule has 0 bridgehead atoms. The average Bonchev–Trinajstić information content (AvgIpc) is 3.09. The summed E-state index contributed by atoms with van der Waals surface area (Å²) in [6.45, 7) is 2.10. The fourth-order valence-corrected chi connectivity index (χ4v) is 4.14. The van der Waals surface area contributed by atoms with Crippen LogP contribution in [0, 0.1) is 0 Å². The van der Waals surface area contributed by atoms with E-state index in [9.17, 15) is 5.11 Å². The summed E-state index contributed by atoms with van der Waals surface area (Å²) < 4.78 is 5.29. The van der Waals surface area contributed by atoms with Crippen molar-refractivity contribution in [3.05, 3.63) is 77.2 Å². The standard InChI is InChI=1S/C22H19NO2S.K.H/c1-14(16-8-9-18-13-19(25-2)11-10-17(18)12-16)20-21(24)23-22(26-20)15-6-4-3-5-7-15;;/h3-14,24H,1-2H3;;/q;+1;-1. The number of hydrogen-bond acceptors (Lipinski definition) is 4. The van der Waals surface area contributed by atoms with Crippen LogP contribution in [0.3, 0.4) is 0 Å². The fraction of sp³-hybridized carbons (Fsp3) is 0.136. The zero-order valence-corrected chi connectivity index (χ0v) is 19.6. The van der Waals surface area contributed by atoms with Gasteiger partial charge >= 0.3 is 51.4 Å². The van der Waals surface area contributed by atoms with E-state index in [1.165, 1.54) is 0 Å². The molecule has 132 valence electrons. The van der Waals surface area contributed by atoms with Crippen LogP contribution in [0.5, 0.6) is 11.6 Å². The van der Waals surface area contributed by atoms with Crippen LogP contribution in [0.4, 0.5) is 0 Å². The number of benzene rings is 3. The second-order valence-electron chi connectivity index (χ2n) is 6.27. The summed E-state index contributed by atoms with van der Waals surface area (Å²) in [5.74, 6) is 1.04. The molecule has 0 aliphatic rings. The Balaban J connectivity index is 0.00000140. The van der Waals surface area contributed by atoms with Crippen molar-refractivity contribution in [3.63, 3.8) is 0 Å². The average molecular weight is 402 g/mol. The molecule has 4 rings (SSSR count). The van der Waals surface area contributed by atoms with Crippen molar-refractivity contribution < 1.29 is 62.7 Å². The molecule has 0 aliphatic carbocycles. The number of nitrogens with zero attached hydrogens (tertiary/aromatic N) is 1. The third kappa shape index (κ3) is 4.29. The molecule has 0 spiro atoms. The van der Waals surface area contributed by atoms with Crippen molar-refractivity contribution >= 4 is 22.1 Å². The van der Waals surface area contributed by atoms with Gasteiger partial charge in [0.25, 0.3) is 0 Å². The predicted molar refractivity (Wildman–Crippen MR) is 108 cm³/mol. The van der Waals surface area contributed by atoms with Gasteiger partial charge < -0.3 is 11.3 Å². The number of ether oxygens (including phenoxy) is 1. The molecule has 0 amide bonds. The number of thiazole rings is 1. The van der Waals surface area contributed by atoms with Gasteiger partial charge in [-0.2, -0.15) is 0 Å². The van der Waals surface area contributed by atoms with Gasteiger partial charge in [-0.3, -0.25) is 0 Å². The van der Waals surface area contributed by atoms with Crippen molar-refractivity contribution in [2.45, 2.75) is 12.8 Å². The third-order valence-electron chi connectivity index (χ3n) is 4.62.